The first kappa shape index (κ1) is 22.6. The molecule has 11 heteroatoms. The van der Waals surface area contributed by atoms with Gasteiger partial charge in [0.2, 0.25) is 0 Å². The third kappa shape index (κ3) is 4.00. The highest BCUT2D eigenvalue weighted by atomic mass is 35.5. The van der Waals surface area contributed by atoms with E-state index in [0.717, 1.165) is 19.3 Å². The number of aromatic nitrogens is 3. The third-order valence-electron chi connectivity index (χ3n) is 5.91. The first-order chi connectivity index (χ1) is 16.2. The van der Waals surface area contributed by atoms with Gasteiger partial charge in [-0.1, -0.05) is 35.3 Å². The highest BCUT2D eigenvalue weighted by Crippen LogP contribution is 2.37. The number of fused-ring (bicyclic) bond motifs is 1. The van der Waals surface area contributed by atoms with Crippen molar-refractivity contribution in [2.45, 2.75) is 30.2 Å². The van der Waals surface area contributed by atoms with Crippen LogP contribution in [0.15, 0.2) is 59.9 Å². The van der Waals surface area contributed by atoms with Gasteiger partial charge in [-0.3, -0.25) is 9.52 Å². The Morgan fingerprint density at radius 2 is 1.91 bits per heavy atom. The average molecular weight is 516 g/mol. The quantitative estimate of drug-likeness (QED) is 0.345. The number of carbonyl (C=O) groups excluding carboxylic acids is 1. The maximum absolute atomic E-state index is 13.5. The number of nitrogens with zero attached hydrogens (tertiary/aromatic N) is 3. The van der Waals surface area contributed by atoms with Crippen LogP contribution in [0.3, 0.4) is 0 Å². The summed E-state index contributed by atoms with van der Waals surface area (Å²) in [6.07, 6.45) is 6.29. The molecule has 34 heavy (non-hydrogen) atoms. The molecule has 4 aromatic rings. The predicted octanol–water partition coefficient (Wildman–Crippen LogP) is 5.08. The molecule has 0 saturated heterocycles. The molecule has 0 atom stereocenters. The van der Waals surface area contributed by atoms with E-state index in [1.807, 2.05) is 4.57 Å². The Kier molecular flexibility index (Phi) is 5.71. The van der Waals surface area contributed by atoms with Gasteiger partial charge < -0.3 is 10.3 Å². The summed E-state index contributed by atoms with van der Waals surface area (Å²) in [6, 6.07) is 10.6. The molecule has 0 amide bonds. The molecule has 2 heterocycles. The highest BCUT2D eigenvalue weighted by molar-refractivity contribution is 7.92. The van der Waals surface area contributed by atoms with Gasteiger partial charge in [0.1, 0.15) is 22.7 Å². The number of nitrogen functional groups attached to an aromatic ring is 1. The molecule has 0 radical (unpaired) electrons. The van der Waals surface area contributed by atoms with Gasteiger partial charge in [-0.25, -0.2) is 18.4 Å². The summed E-state index contributed by atoms with van der Waals surface area (Å²) in [7, 11) is -4.01. The fourth-order valence-corrected chi connectivity index (χ4v) is 5.83. The van der Waals surface area contributed by atoms with Gasteiger partial charge in [0.05, 0.1) is 16.0 Å². The Labute approximate surface area is 205 Å². The second-order valence-corrected chi connectivity index (χ2v) is 10.6. The number of hydrogen-bond acceptors (Lipinski definition) is 6. The van der Waals surface area contributed by atoms with E-state index in [9.17, 15) is 13.2 Å². The number of halogens is 2. The van der Waals surface area contributed by atoms with E-state index in [-0.39, 0.29) is 33.2 Å². The predicted molar refractivity (Wildman–Crippen MR) is 132 cm³/mol. The largest absolute Gasteiger partial charge is 0.383 e. The smallest absolute Gasteiger partial charge is 0.263 e. The molecule has 1 fully saturated rings. The van der Waals surface area contributed by atoms with E-state index in [4.69, 9.17) is 28.9 Å². The summed E-state index contributed by atoms with van der Waals surface area (Å²) in [5, 5.41) is 0.811. The zero-order valence-corrected chi connectivity index (χ0v) is 20.0. The number of ketones is 1. The molecule has 1 aliphatic rings. The second-order valence-electron chi connectivity index (χ2n) is 8.08. The number of sulfonamides is 1. The SMILES string of the molecule is Nc1ncnc2c1c(C(=O)c1cccc(NS(=O)(=O)c3ccc(Cl)cc3Cl)c1)cn2C1CCC1. The molecule has 3 N–H and O–H groups in total. The Morgan fingerprint density at radius 1 is 1.12 bits per heavy atom. The molecule has 8 nitrogen and oxygen atoms in total. The molecule has 174 valence electrons. The van der Waals surface area contributed by atoms with Crippen LogP contribution in [0.1, 0.15) is 41.2 Å². The minimum Gasteiger partial charge on any atom is -0.383 e. The number of rotatable bonds is 6. The molecular formula is C23H19Cl2N5O3S. The summed E-state index contributed by atoms with van der Waals surface area (Å²) < 4.78 is 30.2. The lowest BCUT2D eigenvalue weighted by Gasteiger charge is -2.27. The number of nitrogens with one attached hydrogen (secondary N) is 1. The normalized spacial score (nSPS) is 14.2. The van der Waals surface area contributed by atoms with Crippen molar-refractivity contribution >= 4 is 61.5 Å². The number of nitrogens with two attached hydrogens (primary N) is 1. The third-order valence-corrected chi connectivity index (χ3v) is 8.01. The van der Waals surface area contributed by atoms with Crippen LogP contribution < -0.4 is 10.5 Å². The molecule has 0 unspecified atom stereocenters. The monoisotopic (exact) mass is 515 g/mol. The van der Waals surface area contributed by atoms with Crippen molar-refractivity contribution in [2.24, 2.45) is 0 Å². The average Bonchev–Trinajstić information content (AvgIpc) is 3.12. The van der Waals surface area contributed by atoms with Crippen LogP contribution in [0.25, 0.3) is 11.0 Å². The van der Waals surface area contributed by atoms with E-state index in [1.165, 1.54) is 30.6 Å². The van der Waals surface area contributed by atoms with Crippen LogP contribution in [-0.2, 0) is 10.0 Å². The maximum atomic E-state index is 13.5. The van der Waals surface area contributed by atoms with Gasteiger partial charge in [0.25, 0.3) is 10.0 Å². The molecule has 1 saturated carbocycles. The molecular weight excluding hydrogens is 497 g/mol. The number of hydrogen-bond donors (Lipinski definition) is 2. The minimum absolute atomic E-state index is 0.00786. The molecule has 2 aromatic carbocycles. The van der Waals surface area contributed by atoms with Gasteiger partial charge in [-0.2, -0.15) is 0 Å². The van der Waals surface area contributed by atoms with E-state index >= 15 is 0 Å². The van der Waals surface area contributed by atoms with Crippen molar-refractivity contribution < 1.29 is 13.2 Å². The zero-order chi connectivity index (χ0) is 24.0. The van der Waals surface area contributed by atoms with Gasteiger partial charge in [-0.05, 0) is 49.6 Å². The second kappa shape index (κ2) is 8.57. The highest BCUT2D eigenvalue weighted by Gasteiger charge is 2.27. The van der Waals surface area contributed by atoms with Gasteiger partial charge >= 0.3 is 0 Å². The number of benzene rings is 2. The first-order valence-corrected chi connectivity index (χ1v) is 12.7. The molecule has 1 aliphatic carbocycles. The Hall–Kier alpha value is -3.14. The summed E-state index contributed by atoms with van der Waals surface area (Å²) in [4.78, 5) is 21.8. The fourth-order valence-electron chi connectivity index (χ4n) is 4.01. The zero-order valence-electron chi connectivity index (χ0n) is 17.7. The van der Waals surface area contributed by atoms with Crippen molar-refractivity contribution in [3.8, 4) is 0 Å². The van der Waals surface area contributed by atoms with Gasteiger partial charge in [0.15, 0.2) is 5.78 Å². The van der Waals surface area contributed by atoms with Crippen LogP contribution in [0, 0.1) is 0 Å². The summed E-state index contributed by atoms with van der Waals surface area (Å²) in [5.74, 6) is -0.0872. The summed E-state index contributed by atoms with van der Waals surface area (Å²) >= 11 is 11.9. The minimum atomic E-state index is -4.01. The van der Waals surface area contributed by atoms with Gasteiger partial charge in [0, 0.05) is 28.5 Å². The Bertz CT molecular complexity index is 1550. The van der Waals surface area contributed by atoms with Crippen LogP contribution in [0.4, 0.5) is 11.5 Å². The van der Waals surface area contributed by atoms with Crippen molar-refractivity contribution in [1.29, 1.82) is 0 Å². The topological polar surface area (TPSA) is 120 Å². The van der Waals surface area contributed by atoms with E-state index in [1.54, 1.807) is 24.4 Å². The molecule has 2 aromatic heterocycles. The lowest BCUT2D eigenvalue weighted by atomic mass is 9.93. The number of anilines is 2. The van der Waals surface area contributed by atoms with Gasteiger partial charge in [-0.15, -0.1) is 0 Å². The molecule has 0 bridgehead atoms. The summed E-state index contributed by atoms with van der Waals surface area (Å²) in [5.41, 5.74) is 7.62. The molecule has 0 spiro atoms. The van der Waals surface area contributed by atoms with Crippen molar-refractivity contribution in [1.82, 2.24) is 14.5 Å². The van der Waals surface area contributed by atoms with Crippen LogP contribution in [0.5, 0.6) is 0 Å². The van der Waals surface area contributed by atoms with Crippen LogP contribution in [-0.4, -0.2) is 28.7 Å². The number of carbonyl (C=O) groups is 1. The van der Waals surface area contributed by atoms with E-state index in [0.29, 0.717) is 27.2 Å². The van der Waals surface area contributed by atoms with Crippen molar-refractivity contribution in [3.63, 3.8) is 0 Å². The molecule has 5 rings (SSSR count). The lowest BCUT2D eigenvalue weighted by molar-refractivity contribution is 0.104. The molecule has 0 aliphatic heterocycles. The van der Waals surface area contributed by atoms with Crippen LogP contribution >= 0.6 is 23.2 Å². The first-order valence-electron chi connectivity index (χ1n) is 10.5. The Balaban J connectivity index is 1.51. The van der Waals surface area contributed by atoms with E-state index in [2.05, 4.69) is 14.7 Å². The standard InChI is InChI=1S/C23H19Cl2N5O3S/c24-14-7-8-19(18(25)10-14)34(32,33)29-15-4-1-3-13(9-15)21(31)17-11-30(16-5-2-6-16)23-20(17)22(26)27-12-28-23/h1,3-4,7-12,16,29H,2,5-6H2,(H2,26,27,28). The van der Waals surface area contributed by atoms with Crippen molar-refractivity contribution in [3.05, 3.63) is 76.2 Å². The summed E-state index contributed by atoms with van der Waals surface area (Å²) in [6.45, 7) is 0. The Morgan fingerprint density at radius 3 is 2.62 bits per heavy atom. The van der Waals surface area contributed by atoms with E-state index < -0.39 is 10.0 Å². The lowest BCUT2D eigenvalue weighted by Crippen LogP contribution is -2.16. The van der Waals surface area contributed by atoms with Crippen LogP contribution in [0.2, 0.25) is 10.0 Å². The maximum Gasteiger partial charge on any atom is 0.263 e. The van der Waals surface area contributed by atoms with Crippen molar-refractivity contribution in [2.75, 3.05) is 10.5 Å². The fraction of sp³-hybridized carbons (Fsp3) is 0.174.